The van der Waals surface area contributed by atoms with Crippen LogP contribution in [0.1, 0.15) is 22.2 Å². The van der Waals surface area contributed by atoms with Crippen molar-refractivity contribution in [2.24, 2.45) is 0 Å². The van der Waals surface area contributed by atoms with E-state index in [2.05, 4.69) is 24.4 Å². The number of rotatable bonds is 4. The number of halogens is 1. The molecule has 0 amide bonds. The van der Waals surface area contributed by atoms with Gasteiger partial charge in [0.1, 0.15) is 11.8 Å². The summed E-state index contributed by atoms with van der Waals surface area (Å²) in [6.07, 6.45) is 1.69. The molecule has 2 nitrogen and oxygen atoms in total. The summed E-state index contributed by atoms with van der Waals surface area (Å²) in [6.45, 7) is 2.09. The van der Waals surface area contributed by atoms with Gasteiger partial charge >= 0.3 is 0 Å². The number of anilines is 1. The van der Waals surface area contributed by atoms with Crippen molar-refractivity contribution in [3.05, 3.63) is 75.3 Å². The Kier molecular flexibility index (Phi) is 3.81. The maximum atomic E-state index is 6.06. The van der Waals surface area contributed by atoms with Crippen LogP contribution in [0.3, 0.4) is 0 Å². The van der Waals surface area contributed by atoms with Crippen molar-refractivity contribution >= 4 is 28.6 Å². The third-order valence-corrected chi connectivity index (χ3v) is 4.45. The van der Waals surface area contributed by atoms with Gasteiger partial charge in [-0.3, -0.25) is 0 Å². The van der Waals surface area contributed by atoms with E-state index in [9.17, 15) is 0 Å². The van der Waals surface area contributed by atoms with Crippen molar-refractivity contribution in [2.45, 2.75) is 13.0 Å². The number of furan rings is 1. The lowest BCUT2D eigenvalue weighted by atomic mass is 10.1. The first kappa shape index (κ1) is 13.3. The Morgan fingerprint density at radius 2 is 1.95 bits per heavy atom. The van der Waals surface area contributed by atoms with Crippen LogP contribution in [0.4, 0.5) is 5.69 Å². The number of hydrogen-bond acceptors (Lipinski definition) is 3. The first-order chi connectivity index (χ1) is 9.74. The van der Waals surface area contributed by atoms with E-state index in [0.29, 0.717) is 0 Å². The maximum Gasteiger partial charge on any atom is 0.131 e. The molecule has 0 aliphatic carbocycles. The number of thiophene rings is 1. The van der Waals surface area contributed by atoms with Gasteiger partial charge < -0.3 is 9.73 Å². The van der Waals surface area contributed by atoms with E-state index < -0.39 is 0 Å². The van der Waals surface area contributed by atoms with Gasteiger partial charge in [0.05, 0.1) is 10.6 Å². The average molecular weight is 304 g/mol. The van der Waals surface area contributed by atoms with E-state index in [1.54, 1.807) is 17.6 Å². The zero-order valence-corrected chi connectivity index (χ0v) is 12.5. The zero-order valence-electron chi connectivity index (χ0n) is 11.0. The van der Waals surface area contributed by atoms with Gasteiger partial charge in [0.15, 0.2) is 0 Å². The number of benzene rings is 1. The molecule has 0 bridgehead atoms. The van der Waals surface area contributed by atoms with Crippen LogP contribution in [-0.4, -0.2) is 0 Å². The molecule has 0 radical (unpaired) electrons. The van der Waals surface area contributed by atoms with Crippen molar-refractivity contribution in [3.8, 4) is 0 Å². The molecule has 3 aromatic rings. The van der Waals surface area contributed by atoms with Gasteiger partial charge in [-0.1, -0.05) is 29.8 Å². The molecule has 1 atom stereocenters. The Labute approximate surface area is 127 Å². The number of nitrogens with one attached hydrogen (secondary N) is 1. The Balaban J connectivity index is 1.97. The SMILES string of the molecule is Cc1ccccc1NC(c1ccco1)c1ccc(Cl)s1. The van der Waals surface area contributed by atoms with Crippen LogP contribution >= 0.6 is 22.9 Å². The van der Waals surface area contributed by atoms with E-state index in [4.69, 9.17) is 16.0 Å². The fourth-order valence-corrected chi connectivity index (χ4v) is 3.23. The van der Waals surface area contributed by atoms with Crippen LogP contribution in [0.5, 0.6) is 0 Å². The summed E-state index contributed by atoms with van der Waals surface area (Å²) in [4.78, 5) is 1.13. The number of hydrogen-bond donors (Lipinski definition) is 1. The van der Waals surface area contributed by atoms with Crippen LogP contribution < -0.4 is 5.32 Å². The first-order valence-corrected chi connectivity index (χ1v) is 7.54. The van der Waals surface area contributed by atoms with Gasteiger partial charge in [-0.2, -0.15) is 0 Å². The summed E-state index contributed by atoms with van der Waals surface area (Å²) in [5.41, 5.74) is 2.30. The Hall–Kier alpha value is -1.71. The topological polar surface area (TPSA) is 25.2 Å². The Bertz CT molecular complexity index is 690. The van der Waals surface area contributed by atoms with Gasteiger partial charge in [0.2, 0.25) is 0 Å². The largest absolute Gasteiger partial charge is 0.467 e. The number of aryl methyl sites for hydroxylation is 1. The standard InChI is InChI=1S/C16H14ClNOS/c1-11-5-2-3-6-12(11)18-16(13-7-4-10-19-13)14-8-9-15(17)20-14/h2-10,16,18H,1H3. The summed E-state index contributed by atoms with van der Waals surface area (Å²) in [5.74, 6) is 0.881. The minimum Gasteiger partial charge on any atom is -0.467 e. The van der Waals surface area contributed by atoms with Crippen molar-refractivity contribution in [1.29, 1.82) is 0 Å². The summed E-state index contributed by atoms with van der Waals surface area (Å²) < 4.78 is 6.35. The van der Waals surface area contributed by atoms with Gasteiger partial charge in [0.25, 0.3) is 0 Å². The van der Waals surface area contributed by atoms with Crippen LogP contribution in [0, 0.1) is 6.92 Å². The average Bonchev–Trinajstić information content (AvgIpc) is 3.09. The van der Waals surface area contributed by atoms with Gasteiger partial charge in [0, 0.05) is 10.6 Å². The Morgan fingerprint density at radius 1 is 1.10 bits per heavy atom. The lowest BCUT2D eigenvalue weighted by Gasteiger charge is -2.18. The molecule has 2 heterocycles. The molecule has 0 aliphatic rings. The lowest BCUT2D eigenvalue weighted by Crippen LogP contribution is -2.10. The van der Waals surface area contributed by atoms with E-state index in [-0.39, 0.29) is 6.04 Å². The maximum absolute atomic E-state index is 6.06. The predicted octanol–water partition coefficient (Wildman–Crippen LogP) is 5.50. The Morgan fingerprint density at radius 3 is 2.60 bits per heavy atom. The highest BCUT2D eigenvalue weighted by atomic mass is 35.5. The molecule has 1 aromatic carbocycles. The molecule has 0 aliphatic heterocycles. The van der Waals surface area contributed by atoms with Crippen molar-refractivity contribution in [2.75, 3.05) is 5.32 Å². The van der Waals surface area contributed by atoms with Gasteiger partial charge in [-0.15, -0.1) is 11.3 Å². The molecular weight excluding hydrogens is 290 g/mol. The van der Waals surface area contributed by atoms with Crippen LogP contribution in [-0.2, 0) is 0 Å². The van der Waals surface area contributed by atoms with Gasteiger partial charge in [-0.25, -0.2) is 0 Å². The lowest BCUT2D eigenvalue weighted by molar-refractivity contribution is 0.500. The molecule has 1 unspecified atom stereocenters. The van der Waals surface area contributed by atoms with E-state index in [1.165, 1.54) is 5.56 Å². The van der Waals surface area contributed by atoms with Crippen molar-refractivity contribution in [1.82, 2.24) is 0 Å². The summed E-state index contributed by atoms with van der Waals surface area (Å²) >= 11 is 7.62. The molecule has 0 saturated carbocycles. The minimum absolute atomic E-state index is 0.0244. The summed E-state index contributed by atoms with van der Waals surface area (Å²) in [6, 6.07) is 16.0. The molecule has 3 rings (SSSR count). The highest BCUT2D eigenvalue weighted by Gasteiger charge is 2.19. The fraction of sp³-hybridized carbons (Fsp3) is 0.125. The summed E-state index contributed by atoms with van der Waals surface area (Å²) in [5, 5.41) is 3.54. The van der Waals surface area contributed by atoms with E-state index in [1.807, 2.05) is 36.4 Å². The quantitative estimate of drug-likeness (QED) is 0.688. The molecule has 1 N–H and O–H groups in total. The van der Waals surface area contributed by atoms with E-state index >= 15 is 0 Å². The molecule has 0 saturated heterocycles. The smallest absolute Gasteiger partial charge is 0.131 e. The van der Waals surface area contributed by atoms with Crippen molar-refractivity contribution < 1.29 is 4.42 Å². The second-order valence-corrected chi connectivity index (χ2v) is 6.30. The first-order valence-electron chi connectivity index (χ1n) is 6.35. The third-order valence-electron chi connectivity index (χ3n) is 3.15. The van der Waals surface area contributed by atoms with Crippen molar-refractivity contribution in [3.63, 3.8) is 0 Å². The molecule has 2 aromatic heterocycles. The fourth-order valence-electron chi connectivity index (χ4n) is 2.11. The van der Waals surface area contributed by atoms with Crippen LogP contribution in [0.25, 0.3) is 0 Å². The second-order valence-electron chi connectivity index (χ2n) is 4.55. The minimum atomic E-state index is -0.0244. The molecule has 4 heteroatoms. The summed E-state index contributed by atoms with van der Waals surface area (Å²) in [7, 11) is 0. The normalized spacial score (nSPS) is 12.3. The van der Waals surface area contributed by atoms with Crippen LogP contribution in [0.2, 0.25) is 4.34 Å². The van der Waals surface area contributed by atoms with Gasteiger partial charge in [-0.05, 0) is 42.8 Å². The predicted molar refractivity (Wildman–Crippen MR) is 84.7 cm³/mol. The highest BCUT2D eigenvalue weighted by molar-refractivity contribution is 7.16. The third kappa shape index (κ3) is 2.74. The molecular formula is C16H14ClNOS. The van der Waals surface area contributed by atoms with E-state index in [0.717, 1.165) is 20.7 Å². The second kappa shape index (κ2) is 5.73. The highest BCUT2D eigenvalue weighted by Crippen LogP contribution is 2.34. The molecule has 0 spiro atoms. The zero-order chi connectivity index (χ0) is 13.9. The molecule has 0 fully saturated rings. The number of para-hydroxylation sites is 1. The van der Waals surface area contributed by atoms with Crippen LogP contribution in [0.15, 0.2) is 59.2 Å². The molecule has 20 heavy (non-hydrogen) atoms. The monoisotopic (exact) mass is 303 g/mol. The molecule has 102 valence electrons.